The summed E-state index contributed by atoms with van der Waals surface area (Å²) < 4.78 is 47.4. The molecule has 7 nitrogen and oxygen atoms in total. The monoisotopic (exact) mass is 514 g/mol. The molecule has 0 saturated carbocycles. The van der Waals surface area contributed by atoms with Crippen LogP contribution in [0.1, 0.15) is 30.0 Å². The molecular formula is C22H22ClF3N4O3S. The second-order valence-electron chi connectivity index (χ2n) is 7.90. The predicted octanol–water partition coefficient (Wildman–Crippen LogP) is 3.55. The number of aliphatic hydroxyl groups excluding tert-OH is 1. The summed E-state index contributed by atoms with van der Waals surface area (Å²) in [5.41, 5.74) is 0.750. The van der Waals surface area contributed by atoms with E-state index in [0.29, 0.717) is 22.1 Å². The Bertz CT molecular complexity index is 1130. The third kappa shape index (κ3) is 5.12. The number of hydrogen-bond acceptors (Lipinski definition) is 8. The third-order valence-electron chi connectivity index (χ3n) is 5.54. The Morgan fingerprint density at radius 1 is 1.44 bits per heavy atom. The van der Waals surface area contributed by atoms with Crippen LogP contribution in [0.2, 0.25) is 5.02 Å². The molecule has 2 aliphatic heterocycles. The van der Waals surface area contributed by atoms with Gasteiger partial charge in [-0.3, -0.25) is 9.89 Å². The molecule has 0 unspecified atom stereocenters. The molecule has 1 saturated heterocycles. The van der Waals surface area contributed by atoms with Gasteiger partial charge in [-0.2, -0.15) is 0 Å². The standard InChI is InChI=1S/C22H22ClF3N4O3S/c1-2-33-21(32)17-15(10-30-7-5-16(31)22(25,26)11-30)28-19(20-27-6-8-34-20)29-18(17)13-4-3-12(24)9-14(13)23/h3-4,6,8-9,16,18,31H,2,5,7,10-11H2,1H3,(H,28,29)/t16-,18-/m0/s1. The fourth-order valence-corrected chi connectivity index (χ4v) is 4.78. The first kappa shape index (κ1) is 24.6. The Morgan fingerprint density at radius 2 is 2.24 bits per heavy atom. The van der Waals surface area contributed by atoms with Gasteiger partial charge in [-0.05, 0) is 25.5 Å². The highest BCUT2D eigenvalue weighted by Crippen LogP contribution is 2.37. The Balaban J connectivity index is 1.80. The number of benzene rings is 1. The summed E-state index contributed by atoms with van der Waals surface area (Å²) in [7, 11) is 0. The second kappa shape index (κ2) is 10.0. The lowest BCUT2D eigenvalue weighted by molar-refractivity contribution is -0.148. The summed E-state index contributed by atoms with van der Waals surface area (Å²) in [6.07, 6.45) is -0.254. The molecule has 1 aromatic heterocycles. The van der Waals surface area contributed by atoms with Gasteiger partial charge in [0, 0.05) is 40.9 Å². The first-order chi connectivity index (χ1) is 16.2. The van der Waals surface area contributed by atoms with Gasteiger partial charge >= 0.3 is 5.97 Å². The molecule has 1 aromatic carbocycles. The average molecular weight is 515 g/mol. The van der Waals surface area contributed by atoms with Gasteiger partial charge in [0.2, 0.25) is 0 Å². The van der Waals surface area contributed by atoms with E-state index in [1.54, 1.807) is 18.5 Å². The first-order valence-electron chi connectivity index (χ1n) is 10.6. The lowest BCUT2D eigenvalue weighted by Crippen LogP contribution is -2.53. The van der Waals surface area contributed by atoms with Crippen molar-refractivity contribution in [2.45, 2.75) is 31.4 Å². The summed E-state index contributed by atoms with van der Waals surface area (Å²) in [6, 6.07) is 2.78. The maximum Gasteiger partial charge on any atom is 0.338 e. The number of amidine groups is 1. The van der Waals surface area contributed by atoms with E-state index >= 15 is 0 Å². The number of aliphatic hydroxyl groups is 1. The highest BCUT2D eigenvalue weighted by molar-refractivity contribution is 7.11. The van der Waals surface area contributed by atoms with Crippen molar-refractivity contribution >= 4 is 34.7 Å². The van der Waals surface area contributed by atoms with Crippen LogP contribution in [0.25, 0.3) is 0 Å². The number of halogens is 4. The molecule has 2 aromatic rings. The maximum absolute atomic E-state index is 14.2. The van der Waals surface area contributed by atoms with Gasteiger partial charge in [-0.25, -0.2) is 22.9 Å². The highest BCUT2D eigenvalue weighted by atomic mass is 35.5. The highest BCUT2D eigenvalue weighted by Gasteiger charge is 2.44. The number of carbonyl (C=O) groups excluding carboxylic acids is 1. The van der Waals surface area contributed by atoms with Gasteiger partial charge in [0.25, 0.3) is 5.92 Å². The summed E-state index contributed by atoms with van der Waals surface area (Å²) in [5, 5.41) is 15.0. The zero-order chi connectivity index (χ0) is 24.5. The normalized spacial score (nSPS) is 22.8. The molecule has 0 radical (unpaired) electrons. The van der Waals surface area contributed by atoms with E-state index in [-0.39, 0.29) is 36.7 Å². The molecule has 1 fully saturated rings. The quantitative estimate of drug-likeness (QED) is 0.573. The number of carbonyl (C=O) groups is 1. The van der Waals surface area contributed by atoms with Gasteiger partial charge in [0.1, 0.15) is 18.0 Å². The fraction of sp³-hybridized carbons (Fsp3) is 0.409. The molecule has 2 aliphatic rings. The van der Waals surface area contributed by atoms with Crippen LogP contribution in [0.4, 0.5) is 13.2 Å². The van der Waals surface area contributed by atoms with Gasteiger partial charge in [-0.1, -0.05) is 17.7 Å². The summed E-state index contributed by atoms with van der Waals surface area (Å²) in [6.45, 7) is 1.18. The summed E-state index contributed by atoms with van der Waals surface area (Å²) >= 11 is 7.62. The largest absolute Gasteiger partial charge is 0.463 e. The van der Waals surface area contributed by atoms with Crippen molar-refractivity contribution in [1.82, 2.24) is 15.2 Å². The zero-order valence-corrected chi connectivity index (χ0v) is 19.7. The Hall–Kier alpha value is -2.47. The van der Waals surface area contributed by atoms with Crippen LogP contribution in [0.15, 0.2) is 46.0 Å². The maximum atomic E-state index is 14.2. The number of rotatable bonds is 6. The number of thiazole rings is 1. The number of nitrogens with one attached hydrogen (secondary N) is 1. The number of alkyl halides is 2. The molecule has 0 spiro atoms. The first-order valence-corrected chi connectivity index (χ1v) is 11.8. The van der Waals surface area contributed by atoms with Crippen LogP contribution in [-0.2, 0) is 9.53 Å². The Labute approximate surface area is 202 Å². The van der Waals surface area contributed by atoms with Gasteiger partial charge < -0.3 is 15.2 Å². The number of aliphatic imine (C=N–C) groups is 1. The van der Waals surface area contributed by atoms with Crippen molar-refractivity contribution in [3.8, 4) is 0 Å². The predicted molar refractivity (Wildman–Crippen MR) is 122 cm³/mol. The van der Waals surface area contributed by atoms with Crippen molar-refractivity contribution < 1.29 is 27.8 Å². The molecule has 0 bridgehead atoms. The van der Waals surface area contributed by atoms with E-state index in [2.05, 4.69) is 15.3 Å². The summed E-state index contributed by atoms with van der Waals surface area (Å²) in [5.74, 6) is -4.21. The molecule has 0 amide bonds. The van der Waals surface area contributed by atoms with E-state index in [4.69, 9.17) is 16.3 Å². The topological polar surface area (TPSA) is 87.0 Å². The Morgan fingerprint density at radius 3 is 2.88 bits per heavy atom. The van der Waals surface area contributed by atoms with Crippen LogP contribution in [0.5, 0.6) is 0 Å². The minimum absolute atomic E-state index is 0.0583. The lowest BCUT2D eigenvalue weighted by atomic mass is 9.94. The Kier molecular flexibility index (Phi) is 7.27. The van der Waals surface area contributed by atoms with Crippen molar-refractivity contribution in [2.24, 2.45) is 4.99 Å². The fourth-order valence-electron chi connectivity index (χ4n) is 3.92. The number of esters is 1. The average Bonchev–Trinajstić information content (AvgIpc) is 3.31. The van der Waals surface area contributed by atoms with Crippen LogP contribution in [0, 0.1) is 5.82 Å². The smallest absolute Gasteiger partial charge is 0.338 e. The summed E-state index contributed by atoms with van der Waals surface area (Å²) in [4.78, 5) is 23.4. The van der Waals surface area contributed by atoms with Crippen LogP contribution >= 0.6 is 22.9 Å². The van der Waals surface area contributed by atoms with Gasteiger partial charge in [-0.15, -0.1) is 11.3 Å². The van der Waals surface area contributed by atoms with E-state index in [9.17, 15) is 23.1 Å². The number of nitrogens with zero attached hydrogens (tertiary/aromatic N) is 3. The minimum atomic E-state index is -3.29. The van der Waals surface area contributed by atoms with Crippen molar-refractivity contribution in [2.75, 3.05) is 26.2 Å². The van der Waals surface area contributed by atoms with E-state index < -0.39 is 36.4 Å². The minimum Gasteiger partial charge on any atom is -0.463 e. The van der Waals surface area contributed by atoms with Crippen molar-refractivity contribution in [3.05, 3.63) is 62.5 Å². The second-order valence-corrected chi connectivity index (χ2v) is 9.20. The molecule has 0 aliphatic carbocycles. The number of hydrogen-bond donors (Lipinski definition) is 2. The number of ether oxygens (including phenoxy) is 1. The van der Waals surface area contributed by atoms with Crippen LogP contribution in [0.3, 0.4) is 0 Å². The number of aromatic nitrogens is 1. The SMILES string of the molecule is CCOC(=O)C1=C(CN2CC[C@H](O)C(F)(F)C2)NC(c2nccs2)=N[C@H]1c1ccc(F)cc1Cl. The molecule has 3 heterocycles. The molecular weight excluding hydrogens is 493 g/mol. The molecule has 4 rings (SSSR count). The van der Waals surface area contributed by atoms with Gasteiger partial charge in [0.15, 0.2) is 10.8 Å². The molecule has 12 heteroatoms. The van der Waals surface area contributed by atoms with Crippen molar-refractivity contribution in [1.29, 1.82) is 0 Å². The number of piperidine rings is 1. The van der Waals surface area contributed by atoms with Crippen LogP contribution in [-0.4, -0.2) is 65.1 Å². The molecule has 2 N–H and O–H groups in total. The van der Waals surface area contributed by atoms with Gasteiger partial charge in [0.05, 0.1) is 18.7 Å². The molecule has 34 heavy (non-hydrogen) atoms. The van der Waals surface area contributed by atoms with E-state index in [1.807, 2.05) is 0 Å². The third-order valence-corrected chi connectivity index (χ3v) is 6.64. The van der Waals surface area contributed by atoms with Crippen molar-refractivity contribution in [3.63, 3.8) is 0 Å². The number of likely N-dealkylation sites (tertiary alicyclic amines) is 1. The zero-order valence-electron chi connectivity index (χ0n) is 18.1. The van der Waals surface area contributed by atoms with E-state index in [0.717, 1.165) is 6.07 Å². The molecule has 182 valence electrons. The molecule has 2 atom stereocenters. The lowest BCUT2D eigenvalue weighted by Gasteiger charge is -2.37. The van der Waals surface area contributed by atoms with Crippen LogP contribution < -0.4 is 5.32 Å². The van der Waals surface area contributed by atoms with E-state index in [1.165, 1.54) is 28.4 Å².